The molecule has 5 amide bonds. The summed E-state index contributed by atoms with van der Waals surface area (Å²) in [5.74, 6) is -2.08. The number of sulfone groups is 1. The van der Waals surface area contributed by atoms with Gasteiger partial charge in [0.25, 0.3) is 5.91 Å². The van der Waals surface area contributed by atoms with Crippen LogP contribution in [0.5, 0.6) is 0 Å². The Hall–Kier alpha value is -2.96. The van der Waals surface area contributed by atoms with Crippen LogP contribution in [0.1, 0.15) is 106 Å². The molecule has 3 saturated carbocycles. The third kappa shape index (κ3) is 9.67. The molecule has 3 aliphatic carbocycles. The van der Waals surface area contributed by atoms with Crippen molar-refractivity contribution in [1.29, 1.82) is 0 Å². The summed E-state index contributed by atoms with van der Waals surface area (Å²) in [6.07, 6.45) is 7.85. The molecule has 1 saturated heterocycles. The second-order valence-electron chi connectivity index (χ2n) is 17.5. The molecule has 50 heavy (non-hydrogen) atoms. The summed E-state index contributed by atoms with van der Waals surface area (Å²) in [5.41, 5.74) is -1.88. The molecule has 4 N–H and O–H groups in total. The fourth-order valence-corrected chi connectivity index (χ4v) is 10.2. The van der Waals surface area contributed by atoms with Crippen LogP contribution in [0.25, 0.3) is 0 Å². The number of nitrogens with one attached hydrogen (secondary N) is 4. The summed E-state index contributed by atoms with van der Waals surface area (Å²) in [6.45, 7) is 17.6. The van der Waals surface area contributed by atoms with Gasteiger partial charge in [-0.2, -0.15) is 0 Å². The predicted octanol–water partition coefficient (Wildman–Crippen LogP) is 3.50. The van der Waals surface area contributed by atoms with Gasteiger partial charge in [0.1, 0.15) is 12.1 Å². The van der Waals surface area contributed by atoms with Gasteiger partial charge in [-0.3, -0.25) is 19.2 Å². The summed E-state index contributed by atoms with van der Waals surface area (Å²) in [7, 11) is -3.44. The monoisotopic (exact) mass is 719 g/mol. The van der Waals surface area contributed by atoms with Gasteiger partial charge in [-0.15, -0.1) is 6.58 Å². The molecule has 0 aromatic rings. The van der Waals surface area contributed by atoms with Gasteiger partial charge in [-0.05, 0) is 60.2 Å². The van der Waals surface area contributed by atoms with Crippen LogP contribution in [-0.4, -0.2) is 91.1 Å². The van der Waals surface area contributed by atoms with Crippen molar-refractivity contribution in [1.82, 2.24) is 26.2 Å². The van der Waals surface area contributed by atoms with Gasteiger partial charge < -0.3 is 26.2 Å². The van der Waals surface area contributed by atoms with Crippen LogP contribution in [0.4, 0.5) is 4.79 Å². The molecule has 4 aliphatic rings. The van der Waals surface area contributed by atoms with Gasteiger partial charge in [0.2, 0.25) is 17.6 Å². The maximum absolute atomic E-state index is 14.5. The largest absolute Gasteiger partial charge is 0.346 e. The van der Waals surface area contributed by atoms with E-state index in [9.17, 15) is 32.4 Å². The summed E-state index contributed by atoms with van der Waals surface area (Å²) >= 11 is 0. The molecule has 5 atom stereocenters. The van der Waals surface area contributed by atoms with Crippen LogP contribution in [-0.2, 0) is 29.0 Å². The Morgan fingerprint density at radius 2 is 1.64 bits per heavy atom. The van der Waals surface area contributed by atoms with Crippen molar-refractivity contribution in [3.63, 3.8) is 0 Å². The first-order valence-electron chi connectivity index (χ1n) is 18.5. The maximum Gasteiger partial charge on any atom is 0.315 e. The predicted molar refractivity (Wildman–Crippen MR) is 193 cm³/mol. The molecule has 282 valence electrons. The molecular weight excluding hydrogens is 659 g/mol. The molecule has 2 unspecified atom stereocenters. The standard InChI is InChI=1S/C37H61N5O7S/c1-9-18-38-32(45)29(43)26(20-24-13-14-24)39-31(44)28-27-25(36(27,7)8)21-42(28)33(46)30(35(4,5)6)40-34(47)41-37(16-11-10-12-17-37)22-50(48,49)19-15-23(2)3/h9,23-28,30H,1,10-22H2,2-8H3,(H,38,45)(H,39,44)(H2,40,41,47)/t25-,26?,27?,28+,30-/m1/s1. The highest BCUT2D eigenvalue weighted by molar-refractivity contribution is 7.91. The number of fused-ring (bicyclic) bond motifs is 1. The third-order valence-corrected chi connectivity index (χ3v) is 13.2. The van der Waals surface area contributed by atoms with E-state index in [1.54, 1.807) is 0 Å². The van der Waals surface area contributed by atoms with Crippen molar-refractivity contribution in [2.24, 2.45) is 34.5 Å². The lowest BCUT2D eigenvalue weighted by Crippen LogP contribution is -2.64. The first-order chi connectivity index (χ1) is 23.2. The lowest BCUT2D eigenvalue weighted by molar-refractivity contribution is -0.145. The first kappa shape index (κ1) is 39.8. The van der Waals surface area contributed by atoms with Gasteiger partial charge in [0.05, 0.1) is 23.1 Å². The van der Waals surface area contributed by atoms with E-state index in [-0.39, 0.29) is 47.1 Å². The van der Waals surface area contributed by atoms with E-state index in [2.05, 4.69) is 41.7 Å². The number of ketones is 1. The van der Waals surface area contributed by atoms with Crippen LogP contribution in [0.15, 0.2) is 12.7 Å². The van der Waals surface area contributed by atoms with Crippen LogP contribution in [0.2, 0.25) is 0 Å². The van der Waals surface area contributed by atoms with Crippen LogP contribution in [0, 0.1) is 34.5 Å². The number of carbonyl (C=O) groups is 5. The summed E-state index contributed by atoms with van der Waals surface area (Å²) in [5, 5.41) is 11.3. The average Bonchev–Trinajstić information content (AvgIpc) is 3.87. The van der Waals surface area contributed by atoms with E-state index in [4.69, 9.17) is 0 Å². The minimum atomic E-state index is -3.44. The first-order valence-corrected chi connectivity index (χ1v) is 20.4. The van der Waals surface area contributed by atoms with Gasteiger partial charge in [-0.1, -0.05) is 86.6 Å². The minimum Gasteiger partial charge on any atom is -0.346 e. The highest BCUT2D eigenvalue weighted by atomic mass is 32.2. The van der Waals surface area contributed by atoms with E-state index in [1.165, 1.54) is 11.0 Å². The van der Waals surface area contributed by atoms with Gasteiger partial charge in [-0.25, -0.2) is 13.2 Å². The van der Waals surface area contributed by atoms with E-state index < -0.39 is 68.5 Å². The van der Waals surface area contributed by atoms with E-state index >= 15 is 0 Å². The smallest absolute Gasteiger partial charge is 0.315 e. The molecule has 12 nitrogen and oxygen atoms in total. The highest BCUT2D eigenvalue weighted by Crippen LogP contribution is 2.65. The summed E-state index contributed by atoms with van der Waals surface area (Å²) in [4.78, 5) is 69.6. The number of hydrogen-bond donors (Lipinski definition) is 4. The Morgan fingerprint density at radius 3 is 2.20 bits per heavy atom. The number of nitrogens with zero attached hydrogens (tertiary/aromatic N) is 1. The molecule has 0 radical (unpaired) electrons. The van der Waals surface area contributed by atoms with E-state index in [1.807, 2.05) is 34.6 Å². The van der Waals surface area contributed by atoms with Crippen LogP contribution < -0.4 is 21.3 Å². The fourth-order valence-electron chi connectivity index (χ4n) is 8.06. The quantitative estimate of drug-likeness (QED) is 0.140. The molecule has 0 aromatic carbocycles. The van der Waals surface area contributed by atoms with Crippen LogP contribution in [0.3, 0.4) is 0 Å². The molecule has 4 fully saturated rings. The van der Waals surface area contributed by atoms with Crippen molar-refractivity contribution in [3.8, 4) is 0 Å². The van der Waals surface area contributed by atoms with Gasteiger partial charge >= 0.3 is 6.03 Å². The normalized spacial score (nSPS) is 25.1. The number of amides is 5. The number of piperidine rings is 1. The highest BCUT2D eigenvalue weighted by Gasteiger charge is 2.70. The molecule has 0 bridgehead atoms. The van der Waals surface area contributed by atoms with Crippen molar-refractivity contribution < 1.29 is 32.4 Å². The lowest BCUT2D eigenvalue weighted by atomic mass is 9.83. The van der Waals surface area contributed by atoms with Crippen molar-refractivity contribution in [2.45, 2.75) is 130 Å². The molecule has 0 spiro atoms. The number of hydrogen-bond acceptors (Lipinski definition) is 7. The second-order valence-corrected chi connectivity index (χ2v) is 19.7. The Labute approximate surface area is 299 Å². The van der Waals surface area contributed by atoms with Gasteiger partial charge in [0, 0.05) is 13.1 Å². The van der Waals surface area contributed by atoms with E-state index in [0.29, 0.717) is 32.2 Å². The zero-order valence-corrected chi connectivity index (χ0v) is 32.0. The molecular formula is C37H61N5O7S. The molecule has 1 aliphatic heterocycles. The average molecular weight is 720 g/mol. The SMILES string of the molecule is C=CCNC(=O)C(=O)C(CC1CC1)NC(=O)[C@@H]1C2[C@@H](CN1C(=O)[C@@H](NC(=O)NC1(CS(=O)(=O)CCC(C)C)CCCCC1)C(C)(C)C)C2(C)C. The number of Topliss-reactive ketones (excluding diaryl/α,β-unsaturated/α-hetero) is 1. The number of carbonyl (C=O) groups excluding carboxylic acids is 5. The molecule has 0 aromatic heterocycles. The topological polar surface area (TPSA) is 171 Å². The van der Waals surface area contributed by atoms with Crippen LogP contribution >= 0.6 is 0 Å². The maximum atomic E-state index is 14.5. The van der Waals surface area contributed by atoms with E-state index in [0.717, 1.165) is 32.1 Å². The summed E-state index contributed by atoms with van der Waals surface area (Å²) < 4.78 is 26.4. The Balaban J connectivity index is 1.53. The third-order valence-electron chi connectivity index (χ3n) is 11.4. The zero-order chi connectivity index (χ0) is 37.2. The van der Waals surface area contributed by atoms with Gasteiger partial charge in [0.15, 0.2) is 9.84 Å². The Bertz CT molecular complexity index is 1430. The number of urea groups is 1. The molecule has 1 heterocycles. The fraction of sp³-hybridized carbons (Fsp3) is 0.811. The van der Waals surface area contributed by atoms with Crippen molar-refractivity contribution >= 4 is 39.4 Å². The minimum absolute atomic E-state index is 0.0581. The number of likely N-dealkylation sites (tertiary alicyclic amines) is 1. The van der Waals surface area contributed by atoms with Crippen molar-refractivity contribution in [3.05, 3.63) is 12.7 Å². The summed E-state index contributed by atoms with van der Waals surface area (Å²) in [6, 6.07) is -3.52. The Morgan fingerprint density at radius 1 is 1.00 bits per heavy atom. The number of rotatable bonds is 16. The molecule has 13 heteroatoms. The van der Waals surface area contributed by atoms with Crippen molar-refractivity contribution in [2.75, 3.05) is 24.6 Å². The molecule has 4 rings (SSSR count). The Kier molecular flexibility index (Phi) is 12.2. The lowest BCUT2D eigenvalue weighted by Gasteiger charge is -2.40. The zero-order valence-electron chi connectivity index (χ0n) is 31.2. The second kappa shape index (κ2) is 15.3.